The number of nitrogens with one attached hydrogen (secondary N) is 1. The SMILES string of the molecule is CC(=O)Cc1ccc(-c2c3ccc(=N)cc-3oc3cc(N)ccc23)c(C(=O)O)c1. The van der Waals surface area contributed by atoms with Crippen molar-refractivity contribution < 1.29 is 19.1 Å². The molecule has 0 spiro atoms. The van der Waals surface area contributed by atoms with Crippen LogP contribution in [0.1, 0.15) is 22.8 Å². The number of ketones is 1. The molecule has 2 aromatic carbocycles. The molecule has 4 rings (SSSR count). The van der Waals surface area contributed by atoms with Crippen LogP contribution in [-0.2, 0) is 11.2 Å². The van der Waals surface area contributed by atoms with Crippen molar-refractivity contribution in [3.8, 4) is 22.5 Å². The number of nitrogens with two attached hydrogens (primary N) is 1. The van der Waals surface area contributed by atoms with E-state index in [1.165, 1.54) is 13.0 Å². The largest absolute Gasteiger partial charge is 0.478 e. The Morgan fingerprint density at radius 1 is 1.03 bits per heavy atom. The number of hydrogen-bond donors (Lipinski definition) is 3. The van der Waals surface area contributed by atoms with E-state index in [2.05, 4.69) is 0 Å². The summed E-state index contributed by atoms with van der Waals surface area (Å²) in [5.41, 5.74) is 9.57. The molecule has 6 nitrogen and oxygen atoms in total. The lowest BCUT2D eigenvalue weighted by Gasteiger charge is -2.17. The van der Waals surface area contributed by atoms with E-state index in [-0.39, 0.29) is 23.1 Å². The first-order chi connectivity index (χ1) is 13.8. The highest BCUT2D eigenvalue weighted by molar-refractivity contribution is 6.08. The molecule has 4 N–H and O–H groups in total. The predicted molar refractivity (Wildman–Crippen MR) is 110 cm³/mol. The van der Waals surface area contributed by atoms with E-state index in [4.69, 9.17) is 15.6 Å². The number of carboxylic acid groups (broad SMARTS) is 1. The standard InChI is InChI=1S/C23H18N2O4/c1-12(26)8-13-2-5-16(19(9-13)23(27)28)22-17-6-3-14(24)10-20(17)29-21-11-15(25)4-7-18(21)22/h2-7,9-11,24H,8,25H2,1H3,(H,27,28). The molecule has 0 unspecified atom stereocenters. The van der Waals surface area contributed by atoms with Crippen LogP contribution >= 0.6 is 0 Å². The average molecular weight is 386 g/mol. The third-order valence-corrected chi connectivity index (χ3v) is 4.78. The van der Waals surface area contributed by atoms with Crippen molar-refractivity contribution in [1.82, 2.24) is 0 Å². The minimum atomic E-state index is -1.08. The van der Waals surface area contributed by atoms with Crippen molar-refractivity contribution in [2.24, 2.45) is 0 Å². The zero-order chi connectivity index (χ0) is 20.7. The van der Waals surface area contributed by atoms with Crippen LogP contribution in [0, 0.1) is 5.41 Å². The van der Waals surface area contributed by atoms with Crippen LogP contribution in [0.5, 0.6) is 0 Å². The number of rotatable bonds is 4. The summed E-state index contributed by atoms with van der Waals surface area (Å²) in [5, 5.41) is 18.8. The lowest BCUT2D eigenvalue weighted by atomic mass is 9.89. The molecule has 0 atom stereocenters. The average Bonchev–Trinajstić information content (AvgIpc) is 2.65. The number of carboxylic acids is 1. The Labute approximate surface area is 166 Å². The van der Waals surface area contributed by atoms with Gasteiger partial charge in [0, 0.05) is 40.8 Å². The Bertz CT molecular complexity index is 1320. The molecule has 0 fully saturated rings. The van der Waals surface area contributed by atoms with Gasteiger partial charge in [-0.2, -0.15) is 0 Å². The second-order valence-corrected chi connectivity index (χ2v) is 7.01. The van der Waals surface area contributed by atoms with Gasteiger partial charge in [-0.05, 0) is 48.4 Å². The molecule has 0 saturated carbocycles. The number of carbonyl (C=O) groups is 2. The topological polar surface area (TPSA) is 117 Å². The maximum Gasteiger partial charge on any atom is 0.336 e. The van der Waals surface area contributed by atoms with Crippen molar-refractivity contribution >= 4 is 28.4 Å². The van der Waals surface area contributed by atoms with Gasteiger partial charge in [0.15, 0.2) is 0 Å². The molecule has 0 saturated heterocycles. The highest BCUT2D eigenvalue weighted by atomic mass is 16.4. The molecular weight excluding hydrogens is 368 g/mol. The van der Waals surface area contributed by atoms with Crippen molar-refractivity contribution in [3.63, 3.8) is 0 Å². The molecular formula is C23H18N2O4. The summed E-state index contributed by atoms with van der Waals surface area (Å²) in [4.78, 5) is 23.5. The van der Waals surface area contributed by atoms with Crippen molar-refractivity contribution in [2.45, 2.75) is 13.3 Å². The molecule has 1 heterocycles. The van der Waals surface area contributed by atoms with Crippen LogP contribution in [0.15, 0.2) is 59.0 Å². The van der Waals surface area contributed by atoms with Gasteiger partial charge in [-0.1, -0.05) is 12.1 Å². The third kappa shape index (κ3) is 3.36. The van der Waals surface area contributed by atoms with Crippen LogP contribution in [0.2, 0.25) is 0 Å². The van der Waals surface area contributed by atoms with Gasteiger partial charge in [-0.3, -0.25) is 4.79 Å². The zero-order valence-electron chi connectivity index (χ0n) is 15.7. The first kappa shape index (κ1) is 18.4. The second kappa shape index (κ2) is 6.91. The molecule has 0 bridgehead atoms. The molecule has 0 radical (unpaired) electrons. The van der Waals surface area contributed by atoms with Gasteiger partial charge >= 0.3 is 5.97 Å². The predicted octanol–water partition coefficient (Wildman–Crippen LogP) is 4.10. The molecule has 0 amide bonds. The molecule has 144 valence electrons. The van der Waals surface area contributed by atoms with E-state index in [0.29, 0.717) is 44.7 Å². The molecule has 2 aliphatic rings. The van der Waals surface area contributed by atoms with Gasteiger partial charge in [0.05, 0.1) is 10.9 Å². The molecule has 1 aliphatic carbocycles. The molecule has 6 heteroatoms. The van der Waals surface area contributed by atoms with E-state index >= 15 is 0 Å². The van der Waals surface area contributed by atoms with Gasteiger partial charge in [-0.25, -0.2) is 4.79 Å². The van der Waals surface area contributed by atoms with Gasteiger partial charge in [0.25, 0.3) is 0 Å². The van der Waals surface area contributed by atoms with Crippen LogP contribution in [0.25, 0.3) is 33.4 Å². The fraction of sp³-hybridized carbons (Fsp3) is 0.0870. The molecule has 1 aliphatic heterocycles. The van der Waals surface area contributed by atoms with Crippen LogP contribution < -0.4 is 11.1 Å². The van der Waals surface area contributed by atoms with Crippen molar-refractivity contribution in [2.75, 3.05) is 5.73 Å². The number of hydrogen-bond acceptors (Lipinski definition) is 5. The summed E-state index contributed by atoms with van der Waals surface area (Å²) in [5.74, 6) is -0.656. The Balaban J connectivity index is 2.11. The van der Waals surface area contributed by atoms with Gasteiger partial charge in [0.2, 0.25) is 0 Å². The number of Topliss-reactive ketones (excluding diaryl/α,β-unsaturated/α-hetero) is 1. The number of anilines is 1. The van der Waals surface area contributed by atoms with E-state index in [9.17, 15) is 14.7 Å². The minimum Gasteiger partial charge on any atom is -0.478 e. The van der Waals surface area contributed by atoms with Crippen molar-refractivity contribution in [1.29, 1.82) is 5.41 Å². The van der Waals surface area contributed by atoms with Gasteiger partial charge < -0.3 is 20.7 Å². The number of nitrogen functional groups attached to an aromatic ring is 1. The Morgan fingerprint density at radius 2 is 1.79 bits per heavy atom. The monoisotopic (exact) mass is 386 g/mol. The molecule has 0 aromatic heterocycles. The fourth-order valence-corrected chi connectivity index (χ4v) is 3.58. The number of aromatic carboxylic acids is 1. The first-order valence-corrected chi connectivity index (χ1v) is 9.00. The molecule has 2 aromatic rings. The number of fused-ring (bicyclic) bond motifs is 2. The second-order valence-electron chi connectivity index (χ2n) is 7.01. The highest BCUT2D eigenvalue weighted by Crippen LogP contribution is 2.41. The van der Waals surface area contributed by atoms with E-state index in [1.54, 1.807) is 48.5 Å². The van der Waals surface area contributed by atoms with E-state index < -0.39 is 5.97 Å². The number of carbonyl (C=O) groups excluding carboxylic acids is 1. The quantitative estimate of drug-likeness (QED) is 0.361. The summed E-state index contributed by atoms with van der Waals surface area (Å²) < 4.78 is 5.95. The van der Waals surface area contributed by atoms with E-state index in [0.717, 1.165) is 0 Å². The highest BCUT2D eigenvalue weighted by Gasteiger charge is 2.22. The smallest absolute Gasteiger partial charge is 0.336 e. The van der Waals surface area contributed by atoms with Gasteiger partial charge in [0.1, 0.15) is 17.1 Å². The van der Waals surface area contributed by atoms with Crippen LogP contribution in [-0.4, -0.2) is 16.9 Å². The normalized spacial score (nSPS) is 11.1. The summed E-state index contributed by atoms with van der Waals surface area (Å²) in [7, 11) is 0. The Hall–Kier alpha value is -3.93. The maximum atomic E-state index is 12.1. The van der Waals surface area contributed by atoms with Gasteiger partial charge in [-0.15, -0.1) is 0 Å². The maximum absolute atomic E-state index is 12.1. The minimum absolute atomic E-state index is 0.0399. The van der Waals surface area contributed by atoms with Crippen LogP contribution in [0.4, 0.5) is 5.69 Å². The Kier molecular flexibility index (Phi) is 4.39. The summed E-state index contributed by atoms with van der Waals surface area (Å²) in [6.45, 7) is 1.47. The zero-order valence-corrected chi connectivity index (χ0v) is 15.7. The third-order valence-electron chi connectivity index (χ3n) is 4.78. The summed E-state index contributed by atoms with van der Waals surface area (Å²) >= 11 is 0. The summed E-state index contributed by atoms with van der Waals surface area (Å²) in [6.07, 6.45) is 0.172. The Morgan fingerprint density at radius 3 is 2.52 bits per heavy atom. The lowest BCUT2D eigenvalue weighted by molar-refractivity contribution is -0.116. The fourth-order valence-electron chi connectivity index (χ4n) is 3.58. The van der Waals surface area contributed by atoms with Crippen molar-refractivity contribution in [3.05, 3.63) is 71.1 Å². The summed E-state index contributed by atoms with van der Waals surface area (Å²) in [6, 6.07) is 15.2. The number of benzene rings is 3. The first-order valence-electron chi connectivity index (χ1n) is 9.00. The van der Waals surface area contributed by atoms with E-state index in [1.807, 2.05) is 0 Å². The lowest BCUT2D eigenvalue weighted by Crippen LogP contribution is -2.05. The molecule has 29 heavy (non-hydrogen) atoms. The van der Waals surface area contributed by atoms with Crippen LogP contribution in [0.3, 0.4) is 0 Å².